The van der Waals surface area contributed by atoms with Crippen molar-refractivity contribution in [3.05, 3.63) is 63.0 Å². The van der Waals surface area contributed by atoms with Crippen LogP contribution in [-0.2, 0) is 11.3 Å². The van der Waals surface area contributed by atoms with Gasteiger partial charge in [0.15, 0.2) is 0 Å². The highest BCUT2D eigenvalue weighted by Crippen LogP contribution is 2.36. The van der Waals surface area contributed by atoms with Gasteiger partial charge in [-0.3, -0.25) is 9.59 Å². The Morgan fingerprint density at radius 2 is 2.00 bits per heavy atom. The highest BCUT2D eigenvalue weighted by molar-refractivity contribution is 9.10. The number of nitrogens with one attached hydrogen (secondary N) is 1. The molecule has 1 saturated heterocycles. The Morgan fingerprint density at radius 3 is 2.82 bits per heavy atom. The van der Waals surface area contributed by atoms with Gasteiger partial charge in [0.25, 0.3) is 5.56 Å². The Balaban J connectivity index is 1.36. The van der Waals surface area contributed by atoms with Gasteiger partial charge in [-0.05, 0) is 46.5 Å². The summed E-state index contributed by atoms with van der Waals surface area (Å²) in [4.78, 5) is 26.6. The second kappa shape index (κ2) is 8.39. The van der Waals surface area contributed by atoms with Crippen molar-refractivity contribution in [3.63, 3.8) is 0 Å². The molecule has 4 rings (SSSR count). The summed E-state index contributed by atoms with van der Waals surface area (Å²) in [6, 6.07) is 13.1. The molecular formula is C20H20BrN3O2S2. The molecular weight excluding hydrogens is 458 g/mol. The zero-order valence-electron chi connectivity index (χ0n) is 15.1. The Labute approximate surface area is 181 Å². The third kappa shape index (κ3) is 4.18. The Hall–Kier alpha value is -1.64. The lowest BCUT2D eigenvalue weighted by atomic mass is 9.83. The average Bonchev–Trinajstić information content (AvgIpc) is 2.68. The molecule has 1 aromatic carbocycles. The van der Waals surface area contributed by atoms with Crippen LogP contribution in [-0.4, -0.2) is 38.5 Å². The number of para-hydroxylation sites is 1. The fourth-order valence-corrected chi connectivity index (χ4v) is 5.38. The van der Waals surface area contributed by atoms with Gasteiger partial charge < -0.3 is 14.8 Å². The zero-order chi connectivity index (χ0) is 19.7. The molecule has 0 radical (unpaired) electrons. The molecule has 1 fully saturated rings. The number of hydrogen-bond acceptors (Lipinski definition) is 4. The maximum atomic E-state index is 12.3. The first-order chi connectivity index (χ1) is 13.5. The number of carbonyl (C=O) groups excluding carboxylic acids is 1. The predicted octanol–water partition coefficient (Wildman–Crippen LogP) is 3.69. The fraction of sp³-hybridized carbons (Fsp3) is 0.350. The number of thioether (sulfide) groups is 1. The smallest absolute Gasteiger partial charge is 0.250 e. The molecule has 5 nitrogen and oxygen atoms in total. The molecule has 2 bridgehead atoms. The van der Waals surface area contributed by atoms with Crippen LogP contribution >= 0.6 is 39.9 Å². The number of aromatic nitrogens is 1. The lowest BCUT2D eigenvalue weighted by Crippen LogP contribution is -2.48. The van der Waals surface area contributed by atoms with Crippen LogP contribution in [0.4, 0.5) is 5.69 Å². The summed E-state index contributed by atoms with van der Waals surface area (Å²) < 4.78 is 3.52. The Morgan fingerprint density at radius 1 is 1.18 bits per heavy atom. The fourth-order valence-electron chi connectivity index (χ4n) is 4.01. The number of likely N-dealkylation sites (tertiary alicyclic amines) is 1. The first-order valence-electron chi connectivity index (χ1n) is 9.17. The first-order valence-corrected chi connectivity index (χ1v) is 11.4. The largest absolute Gasteiger partial charge is 0.356 e. The molecule has 0 aliphatic carbocycles. The van der Waals surface area contributed by atoms with Crippen LogP contribution in [0, 0.1) is 5.92 Å². The van der Waals surface area contributed by atoms with E-state index in [4.69, 9.17) is 12.2 Å². The second-order valence-corrected chi connectivity index (χ2v) is 9.65. The van der Waals surface area contributed by atoms with Crippen molar-refractivity contribution in [1.82, 2.24) is 9.47 Å². The molecule has 1 N–H and O–H groups in total. The number of benzene rings is 1. The van der Waals surface area contributed by atoms with E-state index >= 15 is 0 Å². The van der Waals surface area contributed by atoms with Crippen molar-refractivity contribution in [3.8, 4) is 0 Å². The van der Waals surface area contributed by atoms with Gasteiger partial charge in [-0.25, -0.2) is 0 Å². The molecule has 3 heterocycles. The first kappa shape index (κ1) is 19.7. The number of rotatable bonds is 3. The van der Waals surface area contributed by atoms with Gasteiger partial charge in [0, 0.05) is 41.8 Å². The van der Waals surface area contributed by atoms with E-state index in [1.54, 1.807) is 6.07 Å². The minimum atomic E-state index is -0.0756. The monoisotopic (exact) mass is 477 g/mol. The van der Waals surface area contributed by atoms with E-state index < -0.39 is 0 Å². The van der Waals surface area contributed by atoms with Crippen molar-refractivity contribution in [2.24, 2.45) is 5.92 Å². The van der Waals surface area contributed by atoms with Crippen LogP contribution in [0.5, 0.6) is 0 Å². The van der Waals surface area contributed by atoms with Gasteiger partial charge in [0.05, 0.1) is 11.4 Å². The van der Waals surface area contributed by atoms with Crippen LogP contribution in [0.3, 0.4) is 0 Å². The lowest BCUT2D eigenvalue weighted by Gasteiger charge is -2.43. The van der Waals surface area contributed by atoms with Gasteiger partial charge in [0.1, 0.15) is 4.32 Å². The van der Waals surface area contributed by atoms with E-state index in [9.17, 15) is 9.59 Å². The van der Waals surface area contributed by atoms with Gasteiger partial charge in [0.2, 0.25) is 5.91 Å². The van der Waals surface area contributed by atoms with E-state index in [2.05, 4.69) is 26.1 Å². The van der Waals surface area contributed by atoms with E-state index in [0.29, 0.717) is 11.8 Å². The molecule has 2 aliphatic rings. The Kier molecular flexibility index (Phi) is 5.89. The molecule has 1 amide bonds. The van der Waals surface area contributed by atoms with E-state index in [1.165, 1.54) is 11.8 Å². The molecule has 0 unspecified atom stereocenters. The number of pyridine rings is 1. The molecule has 2 aromatic rings. The number of nitrogens with zero attached hydrogens (tertiary/aromatic N) is 2. The number of carbonyl (C=O) groups is 1. The van der Waals surface area contributed by atoms with Gasteiger partial charge in [-0.1, -0.05) is 42.2 Å². The highest BCUT2D eigenvalue weighted by Gasteiger charge is 2.35. The number of amides is 1. The third-order valence-electron chi connectivity index (χ3n) is 5.21. The standard InChI is InChI=1S/C20H20BrN3O2S2/c21-15-4-1-2-5-16(15)22-18(25)12-28-20(27)23-9-13-8-14(11-23)17-6-3-7-19(26)24(17)10-13/h1-7,13-14H,8-12H2,(H,22,25)/t13-,14-/m1/s1. The van der Waals surface area contributed by atoms with Crippen molar-refractivity contribution in [2.75, 3.05) is 24.2 Å². The predicted molar refractivity (Wildman–Crippen MR) is 121 cm³/mol. The normalized spacial score (nSPS) is 20.4. The van der Waals surface area contributed by atoms with Crippen LogP contribution in [0.15, 0.2) is 51.7 Å². The summed E-state index contributed by atoms with van der Waals surface area (Å²) in [6.07, 6.45) is 1.09. The lowest BCUT2D eigenvalue weighted by molar-refractivity contribution is -0.113. The number of halogens is 1. The van der Waals surface area contributed by atoms with E-state index in [-0.39, 0.29) is 17.2 Å². The van der Waals surface area contributed by atoms with Gasteiger partial charge >= 0.3 is 0 Å². The van der Waals surface area contributed by atoms with E-state index in [1.807, 2.05) is 41.0 Å². The van der Waals surface area contributed by atoms with Gasteiger partial charge in [-0.15, -0.1) is 0 Å². The molecule has 0 saturated carbocycles. The Bertz CT molecular complexity index is 978. The summed E-state index contributed by atoms with van der Waals surface area (Å²) in [7, 11) is 0. The van der Waals surface area contributed by atoms with Crippen molar-refractivity contribution >= 4 is 55.8 Å². The minimum Gasteiger partial charge on any atom is -0.356 e. The van der Waals surface area contributed by atoms with Gasteiger partial charge in [-0.2, -0.15) is 0 Å². The summed E-state index contributed by atoms with van der Waals surface area (Å²) in [5, 5.41) is 2.90. The topological polar surface area (TPSA) is 54.3 Å². The molecule has 8 heteroatoms. The third-order valence-corrected chi connectivity index (χ3v) is 7.43. The van der Waals surface area contributed by atoms with Crippen LogP contribution in [0.1, 0.15) is 18.0 Å². The molecule has 2 atom stereocenters. The summed E-state index contributed by atoms with van der Waals surface area (Å²) >= 11 is 10.5. The molecule has 2 aliphatic heterocycles. The molecule has 28 heavy (non-hydrogen) atoms. The quantitative estimate of drug-likeness (QED) is 0.683. The minimum absolute atomic E-state index is 0.0756. The van der Waals surface area contributed by atoms with Crippen LogP contribution in [0.2, 0.25) is 0 Å². The maximum Gasteiger partial charge on any atom is 0.250 e. The van der Waals surface area contributed by atoms with Crippen molar-refractivity contribution in [2.45, 2.75) is 18.9 Å². The highest BCUT2D eigenvalue weighted by atomic mass is 79.9. The maximum absolute atomic E-state index is 12.3. The second-order valence-electron chi connectivity index (χ2n) is 7.19. The SMILES string of the molecule is O=C(CSC(=S)N1C[C@H]2C[C@H](C1)c1cccc(=O)n1C2)Nc1ccccc1Br. The van der Waals surface area contributed by atoms with E-state index in [0.717, 1.165) is 46.2 Å². The van der Waals surface area contributed by atoms with Crippen molar-refractivity contribution < 1.29 is 4.79 Å². The number of hydrogen-bond donors (Lipinski definition) is 1. The summed E-state index contributed by atoms with van der Waals surface area (Å²) in [5.41, 5.74) is 1.95. The number of thiocarbonyl (C=S) groups is 1. The van der Waals surface area contributed by atoms with Crippen LogP contribution < -0.4 is 10.9 Å². The number of piperidine rings is 1. The number of fused-ring (bicyclic) bond motifs is 4. The molecule has 0 spiro atoms. The average molecular weight is 478 g/mol. The number of anilines is 1. The summed E-state index contributed by atoms with van der Waals surface area (Å²) in [6.45, 7) is 2.39. The van der Waals surface area contributed by atoms with Crippen molar-refractivity contribution in [1.29, 1.82) is 0 Å². The van der Waals surface area contributed by atoms with Crippen LogP contribution in [0.25, 0.3) is 0 Å². The zero-order valence-corrected chi connectivity index (χ0v) is 18.4. The summed E-state index contributed by atoms with van der Waals surface area (Å²) in [5.74, 6) is 0.934. The molecule has 1 aromatic heterocycles. The molecule has 146 valence electrons.